The molecule has 2 aromatic rings. The van der Waals surface area contributed by atoms with Crippen molar-refractivity contribution in [3.05, 3.63) is 28.5 Å². The van der Waals surface area contributed by atoms with Crippen LogP contribution in [0.4, 0.5) is 0 Å². The molecule has 3 nitrogen and oxygen atoms in total. The first-order chi connectivity index (χ1) is 8.66. The van der Waals surface area contributed by atoms with Crippen LogP contribution in [0.1, 0.15) is 36.7 Å². The molecule has 4 heteroatoms. The van der Waals surface area contributed by atoms with Crippen molar-refractivity contribution < 1.29 is 0 Å². The molecule has 1 fully saturated rings. The highest BCUT2D eigenvalue weighted by Gasteiger charge is 2.21. The number of hydrogen-bond donors (Lipinski definition) is 1. The van der Waals surface area contributed by atoms with Gasteiger partial charge in [-0.2, -0.15) is 0 Å². The number of rotatable bonds is 1. The lowest BCUT2D eigenvalue weighted by Gasteiger charge is -2.22. The van der Waals surface area contributed by atoms with Gasteiger partial charge in [-0.3, -0.25) is 0 Å². The van der Waals surface area contributed by atoms with Gasteiger partial charge < -0.3 is 9.88 Å². The number of imidazole rings is 1. The number of nitrogens with zero attached hydrogens (tertiary/aromatic N) is 2. The zero-order chi connectivity index (χ0) is 12.7. The minimum absolute atomic E-state index is 0.384. The van der Waals surface area contributed by atoms with Gasteiger partial charge in [-0.1, -0.05) is 18.0 Å². The Balaban J connectivity index is 2.13. The zero-order valence-electron chi connectivity index (χ0n) is 10.8. The molecule has 0 spiro atoms. The van der Waals surface area contributed by atoms with Crippen LogP contribution in [0.2, 0.25) is 5.02 Å². The van der Waals surface area contributed by atoms with Crippen molar-refractivity contribution in [1.82, 2.24) is 14.9 Å². The van der Waals surface area contributed by atoms with E-state index in [2.05, 4.69) is 23.9 Å². The van der Waals surface area contributed by atoms with E-state index in [-0.39, 0.29) is 0 Å². The second kappa shape index (κ2) is 4.56. The first-order valence-corrected chi connectivity index (χ1v) is 6.90. The molecule has 96 valence electrons. The Kier molecular flexibility index (Phi) is 3.04. The molecule has 0 radical (unpaired) electrons. The zero-order valence-corrected chi connectivity index (χ0v) is 11.6. The summed E-state index contributed by atoms with van der Waals surface area (Å²) in [5.74, 6) is 1.13. The molecule has 1 N–H and O–H groups in total. The van der Waals surface area contributed by atoms with Crippen LogP contribution in [0.15, 0.2) is 12.1 Å². The summed E-state index contributed by atoms with van der Waals surface area (Å²) in [6, 6.07) is 4.37. The number of aromatic nitrogens is 2. The third-order valence-electron chi connectivity index (χ3n) is 3.80. The molecular weight excluding hydrogens is 246 g/mol. The Bertz CT molecular complexity index is 582. The predicted molar refractivity (Wildman–Crippen MR) is 75.1 cm³/mol. The standard InChI is InChI=1S/C14H18ClN3/c1-9-7-10(15)8-12-13(9)17-14(18(12)2)11-5-3-4-6-16-11/h7-8,11,16H,3-6H2,1-2H3. The average Bonchev–Trinajstić information content (AvgIpc) is 2.69. The summed E-state index contributed by atoms with van der Waals surface area (Å²) >= 11 is 6.13. The smallest absolute Gasteiger partial charge is 0.126 e. The SMILES string of the molecule is Cc1cc(Cl)cc2c1nc(C1CCCCN1)n2C. The van der Waals surface area contributed by atoms with Gasteiger partial charge in [0.15, 0.2) is 0 Å². The molecule has 1 aromatic heterocycles. The summed E-state index contributed by atoms with van der Waals surface area (Å²) in [6.45, 7) is 3.16. The Labute approximate surface area is 112 Å². The van der Waals surface area contributed by atoms with Crippen molar-refractivity contribution in [2.24, 2.45) is 7.05 Å². The van der Waals surface area contributed by atoms with Crippen LogP contribution in [0.5, 0.6) is 0 Å². The quantitative estimate of drug-likeness (QED) is 0.855. The van der Waals surface area contributed by atoms with Gasteiger partial charge in [-0.05, 0) is 44.0 Å². The minimum Gasteiger partial charge on any atom is -0.330 e. The van der Waals surface area contributed by atoms with Gasteiger partial charge >= 0.3 is 0 Å². The van der Waals surface area contributed by atoms with E-state index in [4.69, 9.17) is 16.6 Å². The van der Waals surface area contributed by atoms with E-state index in [1.807, 2.05) is 12.1 Å². The second-order valence-electron chi connectivity index (χ2n) is 5.12. The van der Waals surface area contributed by atoms with E-state index in [1.165, 1.54) is 19.3 Å². The molecule has 0 bridgehead atoms. The van der Waals surface area contributed by atoms with E-state index < -0.39 is 0 Å². The number of nitrogens with one attached hydrogen (secondary N) is 1. The maximum atomic E-state index is 6.13. The Morgan fingerprint density at radius 1 is 1.39 bits per heavy atom. The first-order valence-electron chi connectivity index (χ1n) is 6.52. The number of aryl methyl sites for hydroxylation is 2. The van der Waals surface area contributed by atoms with Crippen molar-refractivity contribution >= 4 is 22.6 Å². The Morgan fingerprint density at radius 3 is 2.94 bits per heavy atom. The third-order valence-corrected chi connectivity index (χ3v) is 4.02. The van der Waals surface area contributed by atoms with Crippen molar-refractivity contribution in [3.63, 3.8) is 0 Å². The first kappa shape index (κ1) is 12.0. The molecule has 2 heterocycles. The molecule has 0 saturated carbocycles. The van der Waals surface area contributed by atoms with E-state index in [9.17, 15) is 0 Å². The molecule has 0 aliphatic carbocycles. The van der Waals surface area contributed by atoms with Gasteiger partial charge in [0.25, 0.3) is 0 Å². The maximum Gasteiger partial charge on any atom is 0.126 e. The summed E-state index contributed by atoms with van der Waals surface area (Å²) in [4.78, 5) is 4.82. The lowest BCUT2D eigenvalue weighted by molar-refractivity contribution is 0.392. The van der Waals surface area contributed by atoms with Crippen LogP contribution in [0, 0.1) is 6.92 Å². The normalized spacial score (nSPS) is 20.5. The lowest BCUT2D eigenvalue weighted by Crippen LogP contribution is -2.28. The molecular formula is C14H18ClN3. The average molecular weight is 264 g/mol. The fourth-order valence-corrected chi connectivity index (χ4v) is 3.08. The third kappa shape index (κ3) is 1.91. The number of fused-ring (bicyclic) bond motifs is 1. The van der Waals surface area contributed by atoms with Crippen molar-refractivity contribution in [2.45, 2.75) is 32.2 Å². The van der Waals surface area contributed by atoms with Gasteiger partial charge in [0.1, 0.15) is 5.82 Å². The fourth-order valence-electron chi connectivity index (χ4n) is 2.82. The van der Waals surface area contributed by atoms with Gasteiger partial charge in [0.2, 0.25) is 0 Å². The van der Waals surface area contributed by atoms with E-state index in [0.717, 1.165) is 34.0 Å². The molecule has 1 saturated heterocycles. The molecule has 0 amide bonds. The van der Waals surface area contributed by atoms with Crippen molar-refractivity contribution in [1.29, 1.82) is 0 Å². The lowest BCUT2D eigenvalue weighted by atomic mass is 10.0. The minimum atomic E-state index is 0.384. The van der Waals surface area contributed by atoms with Gasteiger partial charge in [-0.15, -0.1) is 0 Å². The van der Waals surface area contributed by atoms with E-state index in [1.54, 1.807) is 0 Å². The van der Waals surface area contributed by atoms with E-state index >= 15 is 0 Å². The highest BCUT2D eigenvalue weighted by atomic mass is 35.5. The number of benzene rings is 1. The van der Waals surface area contributed by atoms with Gasteiger partial charge in [0.05, 0.1) is 17.1 Å². The number of piperidine rings is 1. The molecule has 3 rings (SSSR count). The van der Waals surface area contributed by atoms with Crippen LogP contribution < -0.4 is 5.32 Å². The summed E-state index contributed by atoms with van der Waals surface area (Å²) < 4.78 is 2.18. The summed E-state index contributed by atoms with van der Waals surface area (Å²) in [5, 5.41) is 4.34. The van der Waals surface area contributed by atoms with Gasteiger partial charge in [0, 0.05) is 12.1 Å². The van der Waals surface area contributed by atoms with Crippen molar-refractivity contribution in [3.8, 4) is 0 Å². The molecule has 1 aliphatic heterocycles. The van der Waals surface area contributed by atoms with E-state index in [0.29, 0.717) is 6.04 Å². The monoisotopic (exact) mass is 263 g/mol. The van der Waals surface area contributed by atoms with Crippen LogP contribution in [-0.2, 0) is 7.05 Å². The Morgan fingerprint density at radius 2 is 2.22 bits per heavy atom. The van der Waals surface area contributed by atoms with Crippen molar-refractivity contribution in [2.75, 3.05) is 6.54 Å². The molecule has 1 aliphatic rings. The molecule has 1 aromatic carbocycles. The molecule has 1 unspecified atom stereocenters. The van der Waals surface area contributed by atoms with Crippen LogP contribution in [0.3, 0.4) is 0 Å². The van der Waals surface area contributed by atoms with Crippen LogP contribution >= 0.6 is 11.6 Å². The predicted octanol–water partition coefficient (Wildman–Crippen LogP) is 3.35. The summed E-state index contributed by atoms with van der Waals surface area (Å²) in [5.41, 5.74) is 3.35. The summed E-state index contributed by atoms with van der Waals surface area (Å²) in [7, 11) is 2.08. The molecule has 18 heavy (non-hydrogen) atoms. The van der Waals surface area contributed by atoms with Crippen LogP contribution in [0.25, 0.3) is 11.0 Å². The summed E-state index contributed by atoms with van der Waals surface area (Å²) in [6.07, 6.45) is 3.72. The van der Waals surface area contributed by atoms with Crippen LogP contribution in [-0.4, -0.2) is 16.1 Å². The highest BCUT2D eigenvalue weighted by Crippen LogP contribution is 2.28. The number of halogens is 1. The number of hydrogen-bond acceptors (Lipinski definition) is 2. The fraction of sp³-hybridized carbons (Fsp3) is 0.500. The van der Waals surface area contributed by atoms with Gasteiger partial charge in [-0.25, -0.2) is 4.98 Å². The highest BCUT2D eigenvalue weighted by molar-refractivity contribution is 6.31. The Hall–Kier alpha value is -1.06. The second-order valence-corrected chi connectivity index (χ2v) is 5.56. The maximum absolute atomic E-state index is 6.13. The topological polar surface area (TPSA) is 29.9 Å². The largest absolute Gasteiger partial charge is 0.330 e. The molecule has 1 atom stereocenters.